The lowest BCUT2D eigenvalue weighted by Gasteiger charge is -2.47. The molecular weight excluding hydrogens is 422 g/mol. The molecule has 1 heterocycles. The van der Waals surface area contributed by atoms with Crippen LogP contribution in [0.5, 0.6) is 0 Å². The van der Waals surface area contributed by atoms with E-state index in [9.17, 15) is 24.0 Å². The number of nitrogens with two attached hydrogens (primary N) is 2. The first-order valence-electron chi connectivity index (χ1n) is 9.12. The topological polar surface area (TPSA) is 207 Å². The average Bonchev–Trinajstić information content (AvgIpc) is 2.64. The molecule has 1 rings (SSSR count). The van der Waals surface area contributed by atoms with Gasteiger partial charge < -0.3 is 34.5 Å². The summed E-state index contributed by atoms with van der Waals surface area (Å²) >= 11 is 0. The van der Waals surface area contributed by atoms with E-state index in [2.05, 4.69) is 0 Å². The Morgan fingerprint density at radius 2 is 1.55 bits per heavy atom. The van der Waals surface area contributed by atoms with Gasteiger partial charge in [0.2, 0.25) is 5.91 Å². The zero-order valence-corrected chi connectivity index (χ0v) is 17.5. The summed E-state index contributed by atoms with van der Waals surface area (Å²) in [5.41, 5.74) is 5.44. The van der Waals surface area contributed by atoms with Gasteiger partial charge >= 0.3 is 23.9 Å². The molecule has 1 saturated heterocycles. The minimum Gasteiger partial charge on any atom is -0.480 e. The number of rotatable bonds is 9. The van der Waals surface area contributed by atoms with Gasteiger partial charge in [-0.25, -0.2) is 5.84 Å². The van der Waals surface area contributed by atoms with Crippen molar-refractivity contribution < 1.29 is 52.8 Å². The monoisotopic (exact) mass is 449 g/mol. The molecule has 1 amide bonds. The molecule has 6 unspecified atom stereocenters. The summed E-state index contributed by atoms with van der Waals surface area (Å²) in [6.45, 7) is 3.40. The number of nitrogens with zero attached hydrogens (tertiary/aromatic N) is 1. The van der Waals surface area contributed by atoms with Crippen LogP contribution >= 0.6 is 0 Å². The third kappa shape index (κ3) is 7.75. The number of amides is 1. The predicted octanol–water partition coefficient (Wildman–Crippen LogP) is -2.34. The molecule has 0 aliphatic carbocycles. The summed E-state index contributed by atoms with van der Waals surface area (Å²) in [5.74, 6) is 1.51. The van der Waals surface area contributed by atoms with Crippen molar-refractivity contribution in [3.05, 3.63) is 0 Å². The second kappa shape index (κ2) is 11.5. The van der Waals surface area contributed by atoms with E-state index in [1.807, 2.05) is 0 Å². The number of hydrogen-bond acceptors (Lipinski definition) is 12. The number of ether oxygens (including phenoxy) is 5. The van der Waals surface area contributed by atoms with Gasteiger partial charge in [-0.3, -0.25) is 29.0 Å². The quantitative estimate of drug-likeness (QED) is 0.111. The molecule has 1 aliphatic heterocycles. The van der Waals surface area contributed by atoms with Crippen LogP contribution in [0.3, 0.4) is 0 Å². The van der Waals surface area contributed by atoms with Crippen LogP contribution in [0.25, 0.3) is 0 Å². The Bertz CT molecular complexity index is 701. The van der Waals surface area contributed by atoms with Gasteiger partial charge in [0.05, 0.1) is 6.61 Å². The Hall–Kier alpha value is -2.81. The lowest BCUT2D eigenvalue weighted by molar-refractivity contribution is -0.292. The summed E-state index contributed by atoms with van der Waals surface area (Å²) in [4.78, 5) is 57.6. The zero-order chi connectivity index (χ0) is 23.9. The van der Waals surface area contributed by atoms with Crippen molar-refractivity contribution in [3.63, 3.8) is 0 Å². The number of carbonyl (C=O) groups excluding carboxylic acids is 4. The fourth-order valence-corrected chi connectivity index (χ4v) is 2.79. The molecular formula is C17H27N3O11. The van der Waals surface area contributed by atoms with E-state index < -0.39 is 79.7 Å². The Kier molecular flexibility index (Phi) is 9.77. The van der Waals surface area contributed by atoms with E-state index in [1.54, 1.807) is 0 Å². The molecule has 176 valence electrons. The Labute approximate surface area is 177 Å². The molecule has 0 saturated carbocycles. The molecule has 0 aromatic carbocycles. The number of carboxylic acid groups (broad SMARTS) is 1. The smallest absolute Gasteiger partial charge is 0.322 e. The summed E-state index contributed by atoms with van der Waals surface area (Å²) in [6, 6.07) is -2.81. The van der Waals surface area contributed by atoms with Crippen LogP contribution < -0.4 is 11.6 Å². The van der Waals surface area contributed by atoms with Crippen LogP contribution in [-0.2, 0) is 47.7 Å². The molecule has 14 nitrogen and oxygen atoms in total. The second-order valence-corrected chi connectivity index (χ2v) is 6.69. The van der Waals surface area contributed by atoms with Crippen molar-refractivity contribution in [1.29, 1.82) is 0 Å². The summed E-state index contributed by atoms with van der Waals surface area (Å²) in [7, 11) is 0. The van der Waals surface area contributed by atoms with Crippen molar-refractivity contribution in [2.75, 3.05) is 13.2 Å². The molecule has 14 heteroatoms. The highest BCUT2D eigenvalue weighted by molar-refractivity contribution is 5.74. The van der Waals surface area contributed by atoms with E-state index in [-0.39, 0.29) is 0 Å². The third-order valence-electron chi connectivity index (χ3n) is 4.11. The lowest BCUT2D eigenvalue weighted by atomic mass is 9.95. The number of aliphatic carboxylic acids is 1. The fourth-order valence-electron chi connectivity index (χ4n) is 2.79. The van der Waals surface area contributed by atoms with Crippen molar-refractivity contribution >= 4 is 29.8 Å². The van der Waals surface area contributed by atoms with Gasteiger partial charge in [0, 0.05) is 27.7 Å². The van der Waals surface area contributed by atoms with Crippen LogP contribution in [0.2, 0.25) is 0 Å². The average molecular weight is 449 g/mol. The summed E-state index contributed by atoms with van der Waals surface area (Å²) in [6.07, 6.45) is -5.43. The normalized spacial score (nSPS) is 26.3. The van der Waals surface area contributed by atoms with Gasteiger partial charge in [-0.1, -0.05) is 0 Å². The molecule has 31 heavy (non-hydrogen) atoms. The second-order valence-electron chi connectivity index (χ2n) is 6.69. The minimum absolute atomic E-state index is 0.437. The molecule has 1 aliphatic rings. The van der Waals surface area contributed by atoms with Crippen LogP contribution in [0, 0.1) is 0 Å². The molecule has 1 fully saturated rings. The van der Waals surface area contributed by atoms with E-state index in [0.29, 0.717) is 5.01 Å². The van der Waals surface area contributed by atoms with Crippen molar-refractivity contribution in [3.8, 4) is 0 Å². The van der Waals surface area contributed by atoms with E-state index >= 15 is 0 Å². The van der Waals surface area contributed by atoms with E-state index in [0.717, 1.165) is 27.7 Å². The van der Waals surface area contributed by atoms with E-state index in [1.165, 1.54) is 0 Å². The molecule has 6 atom stereocenters. The maximum absolute atomic E-state index is 11.9. The van der Waals surface area contributed by atoms with Gasteiger partial charge in [0.15, 0.2) is 18.5 Å². The van der Waals surface area contributed by atoms with Crippen molar-refractivity contribution in [2.45, 2.75) is 64.4 Å². The maximum atomic E-state index is 11.9. The Balaban J connectivity index is 3.37. The van der Waals surface area contributed by atoms with Gasteiger partial charge in [-0.05, 0) is 0 Å². The number of esters is 3. The van der Waals surface area contributed by atoms with Crippen molar-refractivity contribution in [2.24, 2.45) is 11.6 Å². The standard InChI is InChI=1S/C17H27N3O11/c1-7(21)20(19)13-15(30-10(4)24)14(29-9(3)23)12(6-27-8(2)22)31-17(13)28-5-11(18)16(25)26/h11-15,17H,5-6,18-19H2,1-4H3,(H,25,26). The predicted molar refractivity (Wildman–Crippen MR) is 98.5 cm³/mol. The first kappa shape index (κ1) is 26.2. The highest BCUT2D eigenvalue weighted by Gasteiger charge is 2.53. The largest absolute Gasteiger partial charge is 0.480 e. The molecule has 0 aromatic heterocycles. The number of carbonyl (C=O) groups is 5. The van der Waals surface area contributed by atoms with Crippen LogP contribution in [0.1, 0.15) is 27.7 Å². The number of hydrazine groups is 1. The molecule has 0 radical (unpaired) electrons. The lowest BCUT2D eigenvalue weighted by Crippen LogP contribution is -2.69. The highest BCUT2D eigenvalue weighted by Crippen LogP contribution is 2.30. The summed E-state index contributed by atoms with van der Waals surface area (Å²) < 4.78 is 26.5. The van der Waals surface area contributed by atoms with Gasteiger partial charge in [0.25, 0.3) is 0 Å². The van der Waals surface area contributed by atoms with Gasteiger partial charge in [0.1, 0.15) is 24.8 Å². The fraction of sp³-hybridized carbons (Fsp3) is 0.706. The number of hydrogen-bond donors (Lipinski definition) is 3. The SMILES string of the molecule is CC(=O)OCC1OC(OCC(N)C(=O)O)C(N(N)C(C)=O)C(OC(C)=O)C1OC(C)=O. The molecule has 0 aromatic rings. The van der Waals surface area contributed by atoms with E-state index in [4.69, 9.17) is 40.4 Å². The highest BCUT2D eigenvalue weighted by atomic mass is 16.7. The van der Waals surface area contributed by atoms with Crippen LogP contribution in [0.15, 0.2) is 0 Å². The zero-order valence-electron chi connectivity index (χ0n) is 17.5. The Morgan fingerprint density at radius 3 is 2.00 bits per heavy atom. The Morgan fingerprint density at radius 1 is 1.00 bits per heavy atom. The third-order valence-corrected chi connectivity index (χ3v) is 4.11. The van der Waals surface area contributed by atoms with Gasteiger partial charge in [-0.2, -0.15) is 0 Å². The first-order valence-corrected chi connectivity index (χ1v) is 9.12. The summed E-state index contributed by atoms with van der Waals surface area (Å²) in [5, 5.41) is 9.61. The van der Waals surface area contributed by atoms with Crippen LogP contribution in [-0.4, -0.2) is 89.8 Å². The van der Waals surface area contributed by atoms with Crippen LogP contribution in [0.4, 0.5) is 0 Å². The minimum atomic E-state index is -1.48. The van der Waals surface area contributed by atoms with Gasteiger partial charge in [-0.15, -0.1) is 0 Å². The number of carboxylic acids is 1. The molecule has 5 N–H and O–H groups in total. The maximum Gasteiger partial charge on any atom is 0.322 e. The molecule has 0 bridgehead atoms. The molecule has 0 spiro atoms. The first-order chi connectivity index (χ1) is 14.3. The van der Waals surface area contributed by atoms with Crippen molar-refractivity contribution in [1.82, 2.24) is 5.01 Å².